The molecule has 0 saturated carbocycles. The van der Waals surface area contributed by atoms with Crippen LogP contribution in [0.2, 0.25) is 4.34 Å². The van der Waals surface area contributed by atoms with Crippen molar-refractivity contribution in [1.82, 2.24) is 5.32 Å². The first-order valence-electron chi connectivity index (χ1n) is 4.95. The van der Waals surface area contributed by atoms with Gasteiger partial charge >= 0.3 is 0 Å². The van der Waals surface area contributed by atoms with E-state index in [9.17, 15) is 0 Å². The highest BCUT2D eigenvalue weighted by Crippen LogP contribution is 2.29. The number of likely N-dealkylation sites (N-methyl/N-ethyl adjacent to an activating group) is 1. The summed E-state index contributed by atoms with van der Waals surface area (Å²) in [7, 11) is 2.13. The fourth-order valence-corrected chi connectivity index (χ4v) is 2.85. The molecule has 1 fully saturated rings. The van der Waals surface area contributed by atoms with E-state index in [4.69, 9.17) is 11.6 Å². The number of nitrogens with zero attached hydrogens (tertiary/aromatic N) is 1. The second kappa shape index (κ2) is 4.51. The van der Waals surface area contributed by atoms with Crippen LogP contribution in [0.1, 0.15) is 12.8 Å². The maximum atomic E-state index is 5.90. The molecule has 0 aromatic carbocycles. The SMILES string of the molecule is CN(CC1CCCN1)c1ccc(Cl)s1. The van der Waals surface area contributed by atoms with Crippen molar-refractivity contribution >= 4 is 27.9 Å². The molecule has 2 rings (SSSR count). The molecular formula is C10H15ClN2S. The topological polar surface area (TPSA) is 15.3 Å². The Morgan fingerprint density at radius 3 is 3.07 bits per heavy atom. The number of halogens is 1. The maximum Gasteiger partial charge on any atom is 0.0950 e. The maximum absolute atomic E-state index is 5.90. The summed E-state index contributed by atoms with van der Waals surface area (Å²) in [6.45, 7) is 2.25. The van der Waals surface area contributed by atoms with Gasteiger partial charge in [-0.1, -0.05) is 11.6 Å². The summed E-state index contributed by atoms with van der Waals surface area (Å²) >= 11 is 7.54. The number of nitrogens with one attached hydrogen (secondary N) is 1. The molecule has 0 bridgehead atoms. The Morgan fingerprint density at radius 1 is 1.64 bits per heavy atom. The normalized spacial score (nSPS) is 21.4. The third-order valence-corrected chi connectivity index (χ3v) is 3.94. The summed E-state index contributed by atoms with van der Waals surface area (Å²) in [6, 6.07) is 4.70. The molecule has 1 aliphatic rings. The Labute approximate surface area is 93.9 Å². The van der Waals surface area contributed by atoms with Crippen molar-refractivity contribution in [2.24, 2.45) is 0 Å². The highest BCUT2D eigenvalue weighted by molar-refractivity contribution is 7.19. The zero-order valence-corrected chi connectivity index (χ0v) is 9.87. The van der Waals surface area contributed by atoms with Crippen LogP contribution in [0.4, 0.5) is 5.00 Å². The first-order valence-corrected chi connectivity index (χ1v) is 6.15. The highest BCUT2D eigenvalue weighted by atomic mass is 35.5. The Hall–Kier alpha value is -0.250. The molecule has 0 spiro atoms. The predicted octanol–water partition coefficient (Wildman–Crippen LogP) is 2.59. The van der Waals surface area contributed by atoms with E-state index in [0.29, 0.717) is 6.04 Å². The zero-order valence-electron chi connectivity index (χ0n) is 8.29. The molecule has 1 aromatic heterocycles. The van der Waals surface area contributed by atoms with E-state index in [1.807, 2.05) is 6.07 Å². The summed E-state index contributed by atoms with van der Waals surface area (Å²) in [5.74, 6) is 0. The fraction of sp³-hybridized carbons (Fsp3) is 0.600. The number of hydrogen-bond donors (Lipinski definition) is 1. The van der Waals surface area contributed by atoms with Gasteiger partial charge in [0.05, 0.1) is 9.34 Å². The van der Waals surface area contributed by atoms with Crippen LogP contribution < -0.4 is 10.2 Å². The number of hydrogen-bond acceptors (Lipinski definition) is 3. The van der Waals surface area contributed by atoms with Gasteiger partial charge in [0.1, 0.15) is 0 Å². The summed E-state index contributed by atoms with van der Waals surface area (Å²) < 4.78 is 0.867. The minimum atomic E-state index is 0.654. The van der Waals surface area contributed by atoms with Crippen LogP contribution >= 0.6 is 22.9 Å². The van der Waals surface area contributed by atoms with Crippen LogP contribution in [0.25, 0.3) is 0 Å². The molecular weight excluding hydrogens is 216 g/mol. The number of thiophene rings is 1. The smallest absolute Gasteiger partial charge is 0.0950 e. The molecule has 0 radical (unpaired) electrons. The van der Waals surface area contributed by atoms with Gasteiger partial charge < -0.3 is 10.2 Å². The second-order valence-corrected chi connectivity index (χ2v) is 5.45. The van der Waals surface area contributed by atoms with Crippen molar-refractivity contribution < 1.29 is 0 Å². The molecule has 1 unspecified atom stereocenters. The van der Waals surface area contributed by atoms with Crippen LogP contribution in [-0.2, 0) is 0 Å². The number of rotatable bonds is 3. The Balaban J connectivity index is 1.91. The van der Waals surface area contributed by atoms with Gasteiger partial charge in [-0.25, -0.2) is 0 Å². The van der Waals surface area contributed by atoms with Crippen molar-refractivity contribution in [3.63, 3.8) is 0 Å². The minimum absolute atomic E-state index is 0.654. The number of anilines is 1. The van der Waals surface area contributed by atoms with E-state index in [0.717, 1.165) is 10.9 Å². The highest BCUT2D eigenvalue weighted by Gasteiger charge is 2.16. The minimum Gasteiger partial charge on any atom is -0.365 e. The molecule has 14 heavy (non-hydrogen) atoms. The van der Waals surface area contributed by atoms with Crippen LogP contribution in [0.15, 0.2) is 12.1 Å². The Morgan fingerprint density at radius 2 is 2.50 bits per heavy atom. The quantitative estimate of drug-likeness (QED) is 0.859. The van der Waals surface area contributed by atoms with Gasteiger partial charge in [0.15, 0.2) is 0 Å². The van der Waals surface area contributed by atoms with Gasteiger partial charge in [-0.2, -0.15) is 0 Å². The molecule has 0 amide bonds. The van der Waals surface area contributed by atoms with E-state index in [-0.39, 0.29) is 0 Å². The van der Waals surface area contributed by atoms with Gasteiger partial charge in [-0.3, -0.25) is 0 Å². The molecule has 1 aromatic rings. The first-order chi connectivity index (χ1) is 6.75. The average molecular weight is 231 g/mol. The van der Waals surface area contributed by atoms with E-state index in [1.165, 1.54) is 24.4 Å². The molecule has 1 aliphatic heterocycles. The van der Waals surface area contributed by atoms with Crippen LogP contribution in [0.5, 0.6) is 0 Å². The summed E-state index contributed by atoms with van der Waals surface area (Å²) in [6.07, 6.45) is 2.60. The molecule has 2 heterocycles. The molecule has 1 N–H and O–H groups in total. The van der Waals surface area contributed by atoms with Crippen LogP contribution in [0, 0.1) is 0 Å². The third-order valence-electron chi connectivity index (χ3n) is 2.59. The van der Waals surface area contributed by atoms with Gasteiger partial charge in [-0.05, 0) is 31.5 Å². The van der Waals surface area contributed by atoms with Crippen molar-refractivity contribution in [1.29, 1.82) is 0 Å². The zero-order chi connectivity index (χ0) is 9.97. The van der Waals surface area contributed by atoms with Crippen molar-refractivity contribution in [2.45, 2.75) is 18.9 Å². The van der Waals surface area contributed by atoms with E-state index in [2.05, 4.69) is 23.3 Å². The monoisotopic (exact) mass is 230 g/mol. The van der Waals surface area contributed by atoms with Crippen LogP contribution in [-0.4, -0.2) is 26.2 Å². The summed E-state index contributed by atoms with van der Waals surface area (Å²) in [5.41, 5.74) is 0. The van der Waals surface area contributed by atoms with Gasteiger partial charge in [0, 0.05) is 19.6 Å². The van der Waals surface area contributed by atoms with Crippen molar-refractivity contribution in [2.75, 3.05) is 25.0 Å². The molecule has 2 nitrogen and oxygen atoms in total. The molecule has 1 saturated heterocycles. The van der Waals surface area contributed by atoms with Gasteiger partial charge in [-0.15, -0.1) is 11.3 Å². The fourth-order valence-electron chi connectivity index (χ4n) is 1.84. The van der Waals surface area contributed by atoms with Crippen LogP contribution in [0.3, 0.4) is 0 Å². The molecule has 4 heteroatoms. The standard InChI is InChI=1S/C10H15ClN2S/c1-13(7-8-3-2-6-12-8)10-5-4-9(11)14-10/h4-5,8,12H,2-3,6-7H2,1H3. The lowest BCUT2D eigenvalue weighted by atomic mass is 10.2. The molecule has 1 atom stereocenters. The lowest BCUT2D eigenvalue weighted by Gasteiger charge is -2.21. The van der Waals surface area contributed by atoms with Gasteiger partial charge in [0.25, 0.3) is 0 Å². The summed E-state index contributed by atoms with van der Waals surface area (Å²) in [5, 5.41) is 4.75. The first kappa shape index (κ1) is 10.3. The second-order valence-electron chi connectivity index (χ2n) is 3.75. The lowest BCUT2D eigenvalue weighted by molar-refractivity contribution is 0.601. The molecule has 78 valence electrons. The van der Waals surface area contributed by atoms with E-state index in [1.54, 1.807) is 11.3 Å². The Bertz CT molecular complexity index is 294. The lowest BCUT2D eigenvalue weighted by Crippen LogP contribution is -2.34. The van der Waals surface area contributed by atoms with E-state index < -0.39 is 0 Å². The van der Waals surface area contributed by atoms with E-state index >= 15 is 0 Å². The largest absolute Gasteiger partial charge is 0.365 e. The summed E-state index contributed by atoms with van der Waals surface area (Å²) in [4.78, 5) is 2.28. The van der Waals surface area contributed by atoms with Gasteiger partial charge in [0.2, 0.25) is 0 Å². The van der Waals surface area contributed by atoms with Crippen molar-refractivity contribution in [3.8, 4) is 0 Å². The predicted molar refractivity (Wildman–Crippen MR) is 63.6 cm³/mol. The Kier molecular flexibility index (Phi) is 3.31. The average Bonchev–Trinajstić information content (AvgIpc) is 2.75. The van der Waals surface area contributed by atoms with Crippen molar-refractivity contribution in [3.05, 3.63) is 16.5 Å². The third kappa shape index (κ3) is 2.41. The molecule has 0 aliphatic carbocycles.